The number of amides is 1. The summed E-state index contributed by atoms with van der Waals surface area (Å²) >= 11 is 0. The van der Waals surface area contributed by atoms with Gasteiger partial charge in [0.1, 0.15) is 5.75 Å². The molecule has 126 valence electrons. The highest BCUT2D eigenvalue weighted by Crippen LogP contribution is 2.19. The van der Waals surface area contributed by atoms with Crippen LogP contribution in [-0.4, -0.2) is 23.6 Å². The average molecular weight is 327 g/mol. The molecule has 5 heteroatoms. The number of benzene rings is 2. The molecule has 0 saturated heterocycles. The molecule has 0 heterocycles. The highest BCUT2D eigenvalue weighted by Gasteiger charge is 2.11. The standard InChI is InChI=1S/C19H21NO4/c1-3-24-17-6-4-5-16(12-17)13(2)20-18(21)11-14-7-9-15(10-8-14)19(22)23/h4-10,12-13H,3,11H2,1-2H3,(H,20,21)(H,22,23). The van der Waals surface area contributed by atoms with Crippen molar-refractivity contribution in [1.29, 1.82) is 0 Å². The van der Waals surface area contributed by atoms with Crippen molar-refractivity contribution in [1.82, 2.24) is 5.32 Å². The molecule has 1 atom stereocenters. The van der Waals surface area contributed by atoms with Crippen LogP contribution in [0.1, 0.15) is 41.4 Å². The Labute approximate surface area is 141 Å². The number of nitrogens with one attached hydrogen (secondary N) is 1. The summed E-state index contributed by atoms with van der Waals surface area (Å²) < 4.78 is 5.47. The quantitative estimate of drug-likeness (QED) is 0.819. The summed E-state index contributed by atoms with van der Waals surface area (Å²) in [4.78, 5) is 23.0. The summed E-state index contributed by atoms with van der Waals surface area (Å²) in [6.45, 7) is 4.43. The molecular formula is C19H21NO4. The number of aromatic carboxylic acids is 1. The number of carboxylic acids is 1. The van der Waals surface area contributed by atoms with Crippen molar-refractivity contribution < 1.29 is 19.4 Å². The van der Waals surface area contributed by atoms with Crippen LogP contribution >= 0.6 is 0 Å². The zero-order valence-corrected chi connectivity index (χ0v) is 13.8. The van der Waals surface area contributed by atoms with E-state index in [0.29, 0.717) is 6.61 Å². The van der Waals surface area contributed by atoms with Gasteiger partial charge in [-0.25, -0.2) is 4.79 Å². The molecule has 0 aliphatic heterocycles. The number of carbonyl (C=O) groups is 2. The zero-order valence-electron chi connectivity index (χ0n) is 13.8. The first-order valence-electron chi connectivity index (χ1n) is 7.84. The normalized spacial score (nSPS) is 11.6. The molecule has 0 radical (unpaired) electrons. The van der Waals surface area contributed by atoms with Crippen LogP contribution in [0.4, 0.5) is 0 Å². The molecule has 0 aliphatic carbocycles. The van der Waals surface area contributed by atoms with Crippen molar-refractivity contribution >= 4 is 11.9 Å². The number of hydrogen-bond acceptors (Lipinski definition) is 3. The fourth-order valence-electron chi connectivity index (χ4n) is 2.37. The van der Waals surface area contributed by atoms with Crippen molar-refractivity contribution in [3.63, 3.8) is 0 Å². The van der Waals surface area contributed by atoms with Gasteiger partial charge in [-0.2, -0.15) is 0 Å². The first-order valence-corrected chi connectivity index (χ1v) is 7.84. The molecule has 1 amide bonds. The summed E-state index contributed by atoms with van der Waals surface area (Å²) in [7, 11) is 0. The Morgan fingerprint density at radius 3 is 2.50 bits per heavy atom. The summed E-state index contributed by atoms with van der Waals surface area (Å²) in [6, 6.07) is 13.8. The van der Waals surface area contributed by atoms with Gasteiger partial charge < -0.3 is 15.2 Å². The van der Waals surface area contributed by atoms with Gasteiger partial charge in [-0.3, -0.25) is 4.79 Å². The maximum Gasteiger partial charge on any atom is 0.335 e. The molecule has 2 aromatic carbocycles. The Hall–Kier alpha value is -2.82. The highest BCUT2D eigenvalue weighted by atomic mass is 16.5. The minimum absolute atomic E-state index is 0.118. The molecule has 0 fully saturated rings. The predicted molar refractivity (Wildman–Crippen MR) is 91.3 cm³/mol. The Morgan fingerprint density at radius 2 is 1.88 bits per heavy atom. The summed E-state index contributed by atoms with van der Waals surface area (Å²) in [6.07, 6.45) is 0.204. The van der Waals surface area contributed by atoms with Crippen molar-refractivity contribution in [2.45, 2.75) is 26.3 Å². The van der Waals surface area contributed by atoms with Gasteiger partial charge in [-0.1, -0.05) is 24.3 Å². The molecule has 0 spiro atoms. The molecule has 0 aromatic heterocycles. The largest absolute Gasteiger partial charge is 0.494 e. The minimum atomic E-state index is -0.978. The van der Waals surface area contributed by atoms with E-state index in [2.05, 4.69) is 5.32 Å². The monoisotopic (exact) mass is 327 g/mol. The van der Waals surface area contributed by atoms with Crippen LogP contribution in [0.5, 0.6) is 5.75 Å². The van der Waals surface area contributed by atoms with Crippen LogP contribution in [0.2, 0.25) is 0 Å². The van der Waals surface area contributed by atoms with E-state index in [9.17, 15) is 9.59 Å². The maximum absolute atomic E-state index is 12.2. The van der Waals surface area contributed by atoms with Gasteiger partial charge in [0.15, 0.2) is 0 Å². The lowest BCUT2D eigenvalue weighted by Gasteiger charge is -2.15. The second kappa shape index (κ2) is 8.15. The number of rotatable bonds is 7. The second-order valence-corrected chi connectivity index (χ2v) is 5.47. The lowest BCUT2D eigenvalue weighted by atomic mass is 10.1. The van der Waals surface area contributed by atoms with E-state index in [4.69, 9.17) is 9.84 Å². The number of carboxylic acid groups (broad SMARTS) is 1. The molecular weight excluding hydrogens is 306 g/mol. The first kappa shape index (κ1) is 17.5. The fraction of sp³-hybridized carbons (Fsp3) is 0.263. The highest BCUT2D eigenvalue weighted by molar-refractivity contribution is 5.87. The second-order valence-electron chi connectivity index (χ2n) is 5.47. The summed E-state index contributed by atoms with van der Waals surface area (Å²) in [5, 5.41) is 11.8. The molecule has 2 aromatic rings. The van der Waals surface area contributed by atoms with E-state index in [1.165, 1.54) is 12.1 Å². The van der Waals surface area contributed by atoms with Gasteiger partial charge in [0.25, 0.3) is 0 Å². The lowest BCUT2D eigenvalue weighted by Crippen LogP contribution is -2.28. The van der Waals surface area contributed by atoms with E-state index in [1.54, 1.807) is 12.1 Å². The van der Waals surface area contributed by atoms with E-state index >= 15 is 0 Å². The van der Waals surface area contributed by atoms with E-state index in [0.717, 1.165) is 16.9 Å². The number of hydrogen-bond donors (Lipinski definition) is 2. The molecule has 1 unspecified atom stereocenters. The van der Waals surface area contributed by atoms with Gasteiger partial charge in [0.2, 0.25) is 5.91 Å². The SMILES string of the molecule is CCOc1cccc(C(C)NC(=O)Cc2ccc(C(=O)O)cc2)c1. The fourth-order valence-corrected chi connectivity index (χ4v) is 2.37. The van der Waals surface area contributed by atoms with Gasteiger partial charge in [0.05, 0.1) is 24.6 Å². The van der Waals surface area contributed by atoms with Crippen molar-refractivity contribution in [3.8, 4) is 5.75 Å². The third-order valence-corrected chi connectivity index (χ3v) is 3.61. The Kier molecular flexibility index (Phi) is 5.95. The van der Waals surface area contributed by atoms with Crippen molar-refractivity contribution in [2.75, 3.05) is 6.61 Å². The van der Waals surface area contributed by atoms with Crippen LogP contribution in [0.25, 0.3) is 0 Å². The van der Waals surface area contributed by atoms with Gasteiger partial charge >= 0.3 is 5.97 Å². The Balaban J connectivity index is 1.96. The zero-order chi connectivity index (χ0) is 17.5. The molecule has 0 bridgehead atoms. The van der Waals surface area contributed by atoms with Gasteiger partial charge in [-0.15, -0.1) is 0 Å². The third-order valence-electron chi connectivity index (χ3n) is 3.61. The van der Waals surface area contributed by atoms with Gasteiger partial charge in [-0.05, 0) is 49.2 Å². The number of ether oxygens (including phenoxy) is 1. The molecule has 2 N–H and O–H groups in total. The van der Waals surface area contributed by atoms with Crippen molar-refractivity contribution in [2.24, 2.45) is 0 Å². The molecule has 0 aliphatic rings. The molecule has 0 saturated carbocycles. The Morgan fingerprint density at radius 1 is 1.17 bits per heavy atom. The smallest absolute Gasteiger partial charge is 0.335 e. The van der Waals surface area contributed by atoms with E-state index in [1.807, 2.05) is 38.1 Å². The minimum Gasteiger partial charge on any atom is -0.494 e. The van der Waals surface area contributed by atoms with Crippen LogP contribution in [0, 0.1) is 0 Å². The van der Waals surface area contributed by atoms with Crippen LogP contribution in [0.3, 0.4) is 0 Å². The van der Waals surface area contributed by atoms with Crippen LogP contribution in [-0.2, 0) is 11.2 Å². The van der Waals surface area contributed by atoms with Gasteiger partial charge in [0, 0.05) is 0 Å². The van der Waals surface area contributed by atoms with E-state index in [-0.39, 0.29) is 23.9 Å². The molecule has 2 rings (SSSR count). The lowest BCUT2D eigenvalue weighted by molar-refractivity contribution is -0.121. The number of carbonyl (C=O) groups excluding carboxylic acids is 1. The topological polar surface area (TPSA) is 75.6 Å². The maximum atomic E-state index is 12.2. The predicted octanol–water partition coefficient (Wildman–Crippen LogP) is 3.20. The molecule has 24 heavy (non-hydrogen) atoms. The molecule has 5 nitrogen and oxygen atoms in total. The van der Waals surface area contributed by atoms with Crippen LogP contribution < -0.4 is 10.1 Å². The average Bonchev–Trinajstić information content (AvgIpc) is 2.55. The van der Waals surface area contributed by atoms with E-state index < -0.39 is 5.97 Å². The summed E-state index contributed by atoms with van der Waals surface area (Å²) in [5.41, 5.74) is 1.95. The van der Waals surface area contributed by atoms with Crippen LogP contribution in [0.15, 0.2) is 48.5 Å². The van der Waals surface area contributed by atoms with Crippen molar-refractivity contribution in [3.05, 3.63) is 65.2 Å². The first-order chi connectivity index (χ1) is 11.5. The third kappa shape index (κ3) is 4.84. The summed E-state index contributed by atoms with van der Waals surface area (Å²) in [5.74, 6) is -0.318. The Bertz CT molecular complexity index is 710.